The van der Waals surface area contributed by atoms with Crippen molar-refractivity contribution in [3.8, 4) is 0 Å². The van der Waals surface area contributed by atoms with E-state index in [1.165, 1.54) is 42.8 Å². The smallest absolute Gasteiger partial charge is 0.348 e. The monoisotopic (exact) mass is 480 g/mol. The Bertz CT molecular complexity index is 1130. The number of esters is 2. The lowest BCUT2D eigenvalue weighted by Gasteiger charge is -2.25. The summed E-state index contributed by atoms with van der Waals surface area (Å²) in [4.78, 5) is 37.3. The molecule has 2 heterocycles. The second-order valence-electron chi connectivity index (χ2n) is 7.19. The molecule has 0 spiro atoms. The third-order valence-corrected chi connectivity index (χ3v) is 8.30. The quantitative estimate of drug-likeness (QED) is 0.631. The molecule has 11 heteroatoms. The van der Waals surface area contributed by atoms with Gasteiger partial charge in [0.2, 0.25) is 10.0 Å². The average Bonchev–Trinajstić information content (AvgIpc) is 3.14. The average molecular weight is 481 g/mol. The number of nitrogens with one attached hydrogen (secondary N) is 1. The highest BCUT2D eigenvalue weighted by atomic mass is 32.2. The Kier molecular flexibility index (Phi) is 7.32. The van der Waals surface area contributed by atoms with Gasteiger partial charge in [-0.1, -0.05) is 6.42 Å². The molecular formula is C21H24N2O7S2. The van der Waals surface area contributed by atoms with Crippen LogP contribution in [-0.4, -0.2) is 57.9 Å². The van der Waals surface area contributed by atoms with E-state index in [2.05, 4.69) is 5.32 Å². The molecule has 1 aromatic carbocycles. The van der Waals surface area contributed by atoms with Gasteiger partial charge in [0.05, 0.1) is 24.7 Å². The maximum Gasteiger partial charge on any atom is 0.348 e. The van der Waals surface area contributed by atoms with Crippen molar-refractivity contribution in [1.82, 2.24) is 4.31 Å². The van der Waals surface area contributed by atoms with Crippen LogP contribution in [0.1, 0.15) is 55.2 Å². The van der Waals surface area contributed by atoms with Gasteiger partial charge in [-0.05, 0) is 49.6 Å². The lowest BCUT2D eigenvalue weighted by atomic mass is 10.1. The summed E-state index contributed by atoms with van der Waals surface area (Å²) in [7, 11) is -1.19. The number of carbonyl (C=O) groups excluding carboxylic acids is 3. The van der Waals surface area contributed by atoms with Gasteiger partial charge in [-0.25, -0.2) is 18.0 Å². The molecule has 0 saturated carbocycles. The standard InChI is InChI=1S/C21H24N2O7S2/c1-13-16(20(25)29-2)19(31-17(13)21(26)30-3)22-18(24)14-7-9-15(10-8-14)32(27,28)23-11-5-4-6-12-23/h7-10H,4-6,11-12H2,1-3H3,(H,22,24). The van der Waals surface area contributed by atoms with Crippen LogP contribution in [-0.2, 0) is 19.5 Å². The summed E-state index contributed by atoms with van der Waals surface area (Å²) in [5.74, 6) is -1.90. The molecule has 0 radical (unpaired) electrons. The Balaban J connectivity index is 1.85. The van der Waals surface area contributed by atoms with Gasteiger partial charge < -0.3 is 14.8 Å². The highest BCUT2D eigenvalue weighted by molar-refractivity contribution is 7.89. The van der Waals surface area contributed by atoms with Gasteiger partial charge in [0, 0.05) is 18.7 Å². The van der Waals surface area contributed by atoms with Gasteiger partial charge in [0.25, 0.3) is 5.91 Å². The molecule has 1 amide bonds. The first-order valence-corrected chi connectivity index (χ1v) is 12.2. The highest BCUT2D eigenvalue weighted by Crippen LogP contribution is 2.34. The first kappa shape index (κ1) is 23.9. The molecule has 0 bridgehead atoms. The van der Waals surface area contributed by atoms with Gasteiger partial charge in [-0.3, -0.25) is 4.79 Å². The minimum Gasteiger partial charge on any atom is -0.465 e. The number of ether oxygens (including phenoxy) is 2. The molecule has 1 aliphatic heterocycles. The second-order valence-corrected chi connectivity index (χ2v) is 10.1. The van der Waals surface area contributed by atoms with E-state index in [1.54, 1.807) is 6.92 Å². The summed E-state index contributed by atoms with van der Waals surface area (Å²) in [5, 5.41) is 2.76. The molecule has 3 rings (SSSR count). The van der Waals surface area contributed by atoms with Crippen LogP contribution in [0.3, 0.4) is 0 Å². The summed E-state index contributed by atoms with van der Waals surface area (Å²) < 4.78 is 36.5. The first-order valence-electron chi connectivity index (χ1n) is 9.92. The summed E-state index contributed by atoms with van der Waals surface area (Å²) in [6.07, 6.45) is 2.67. The fraction of sp³-hybridized carbons (Fsp3) is 0.381. The van der Waals surface area contributed by atoms with Gasteiger partial charge in [0.1, 0.15) is 9.88 Å². The van der Waals surface area contributed by atoms with Crippen LogP contribution >= 0.6 is 11.3 Å². The van der Waals surface area contributed by atoms with Crippen molar-refractivity contribution in [2.75, 3.05) is 32.6 Å². The minimum atomic E-state index is -3.61. The third-order valence-electron chi connectivity index (χ3n) is 5.20. The van der Waals surface area contributed by atoms with E-state index in [0.29, 0.717) is 18.7 Å². The normalized spacial score (nSPS) is 14.6. The molecule has 9 nitrogen and oxygen atoms in total. The minimum absolute atomic E-state index is 0.0653. The Morgan fingerprint density at radius 1 is 0.969 bits per heavy atom. The summed E-state index contributed by atoms with van der Waals surface area (Å²) >= 11 is 0.902. The van der Waals surface area contributed by atoms with Gasteiger partial charge in [0.15, 0.2) is 0 Å². The molecule has 0 aliphatic carbocycles. The molecule has 0 unspecified atom stereocenters. The number of anilines is 1. The SMILES string of the molecule is COC(=O)c1sc(NC(=O)c2ccc(S(=O)(=O)N3CCCCC3)cc2)c(C(=O)OC)c1C. The van der Waals surface area contributed by atoms with Crippen LogP contribution in [0.2, 0.25) is 0 Å². The summed E-state index contributed by atoms with van der Waals surface area (Å²) in [6.45, 7) is 2.53. The number of carbonyl (C=O) groups is 3. The molecule has 1 aromatic heterocycles. The maximum absolute atomic E-state index is 12.8. The van der Waals surface area contributed by atoms with E-state index in [0.717, 1.165) is 30.6 Å². The number of amides is 1. The van der Waals surface area contributed by atoms with E-state index in [4.69, 9.17) is 9.47 Å². The van der Waals surface area contributed by atoms with E-state index in [-0.39, 0.29) is 25.9 Å². The summed E-state index contributed by atoms with van der Waals surface area (Å²) in [5.41, 5.74) is 0.603. The predicted molar refractivity (Wildman–Crippen MR) is 119 cm³/mol. The van der Waals surface area contributed by atoms with Gasteiger partial charge >= 0.3 is 11.9 Å². The number of methoxy groups -OCH3 is 2. The zero-order chi connectivity index (χ0) is 23.5. The van der Waals surface area contributed by atoms with E-state index < -0.39 is 27.9 Å². The Morgan fingerprint density at radius 3 is 2.12 bits per heavy atom. The number of sulfonamides is 1. The molecule has 172 valence electrons. The number of rotatable bonds is 6. The predicted octanol–water partition coefficient (Wildman–Crippen LogP) is 3.06. The maximum atomic E-state index is 12.8. The molecular weight excluding hydrogens is 456 g/mol. The van der Waals surface area contributed by atoms with Gasteiger partial charge in [-0.15, -0.1) is 11.3 Å². The number of hydrogen-bond acceptors (Lipinski definition) is 8. The molecule has 1 saturated heterocycles. The molecule has 2 aromatic rings. The van der Waals surface area contributed by atoms with Crippen LogP contribution in [0.4, 0.5) is 5.00 Å². The number of piperidine rings is 1. The summed E-state index contributed by atoms with van der Waals surface area (Å²) in [6, 6.07) is 5.59. The Labute approximate surface area is 190 Å². The largest absolute Gasteiger partial charge is 0.465 e. The van der Waals surface area contributed by atoms with Crippen molar-refractivity contribution in [3.05, 3.63) is 45.8 Å². The van der Waals surface area contributed by atoms with Crippen LogP contribution in [0.5, 0.6) is 0 Å². The van der Waals surface area contributed by atoms with Crippen molar-refractivity contribution in [2.24, 2.45) is 0 Å². The number of nitrogens with zero attached hydrogens (tertiary/aromatic N) is 1. The molecule has 0 atom stereocenters. The topological polar surface area (TPSA) is 119 Å². The molecule has 32 heavy (non-hydrogen) atoms. The van der Waals surface area contributed by atoms with E-state index in [1.807, 2.05) is 0 Å². The zero-order valence-corrected chi connectivity index (χ0v) is 19.6. The van der Waals surface area contributed by atoms with Crippen molar-refractivity contribution in [2.45, 2.75) is 31.1 Å². The van der Waals surface area contributed by atoms with E-state index in [9.17, 15) is 22.8 Å². The van der Waals surface area contributed by atoms with Crippen LogP contribution < -0.4 is 5.32 Å². The van der Waals surface area contributed by atoms with Crippen molar-refractivity contribution >= 4 is 44.2 Å². The first-order chi connectivity index (χ1) is 15.2. The number of benzene rings is 1. The van der Waals surface area contributed by atoms with Gasteiger partial charge in [-0.2, -0.15) is 4.31 Å². The zero-order valence-electron chi connectivity index (χ0n) is 18.0. The Morgan fingerprint density at radius 2 is 1.56 bits per heavy atom. The highest BCUT2D eigenvalue weighted by Gasteiger charge is 2.28. The molecule has 1 aliphatic rings. The van der Waals surface area contributed by atoms with Crippen molar-refractivity contribution in [3.63, 3.8) is 0 Å². The third kappa shape index (κ3) is 4.69. The van der Waals surface area contributed by atoms with Crippen LogP contribution in [0, 0.1) is 6.92 Å². The van der Waals surface area contributed by atoms with E-state index >= 15 is 0 Å². The lowest BCUT2D eigenvalue weighted by molar-refractivity contribution is 0.0601. The Hall–Kier alpha value is -2.76. The fourth-order valence-corrected chi connectivity index (χ4v) is 6.07. The second kappa shape index (κ2) is 9.80. The van der Waals surface area contributed by atoms with Crippen molar-refractivity contribution in [1.29, 1.82) is 0 Å². The lowest BCUT2D eigenvalue weighted by Crippen LogP contribution is -2.35. The van der Waals surface area contributed by atoms with Crippen LogP contribution in [0.15, 0.2) is 29.2 Å². The van der Waals surface area contributed by atoms with Crippen molar-refractivity contribution < 1.29 is 32.3 Å². The fourth-order valence-electron chi connectivity index (χ4n) is 3.44. The number of hydrogen-bond donors (Lipinski definition) is 1. The number of thiophene rings is 1. The van der Waals surface area contributed by atoms with Crippen LogP contribution in [0.25, 0.3) is 0 Å². The molecule has 1 N–H and O–H groups in total. The molecule has 1 fully saturated rings.